The minimum absolute atomic E-state index is 0.204. The predicted octanol–water partition coefficient (Wildman–Crippen LogP) is 2.78. The van der Waals surface area contributed by atoms with Crippen molar-refractivity contribution in [1.29, 1.82) is 0 Å². The monoisotopic (exact) mass is 279 g/mol. The van der Waals surface area contributed by atoms with E-state index in [9.17, 15) is 9.18 Å². The Balaban J connectivity index is 2.41. The molecule has 1 fully saturated rings. The van der Waals surface area contributed by atoms with Crippen molar-refractivity contribution < 1.29 is 13.9 Å². The van der Waals surface area contributed by atoms with E-state index in [0.29, 0.717) is 6.42 Å². The molecule has 1 heterocycles. The van der Waals surface area contributed by atoms with Gasteiger partial charge in [0.25, 0.3) is 0 Å². The van der Waals surface area contributed by atoms with E-state index in [1.807, 2.05) is 13.0 Å². The Kier molecular flexibility index (Phi) is 4.43. The van der Waals surface area contributed by atoms with Gasteiger partial charge >= 0.3 is 0 Å². The van der Waals surface area contributed by atoms with E-state index in [1.165, 1.54) is 13.2 Å². The molecule has 1 aliphatic heterocycles. The highest BCUT2D eigenvalue weighted by Gasteiger charge is 2.41. The zero-order valence-corrected chi connectivity index (χ0v) is 12.4. The number of likely N-dealkylation sites (tertiary alicyclic amines) is 1. The van der Waals surface area contributed by atoms with Crippen LogP contribution in [0.2, 0.25) is 0 Å². The summed E-state index contributed by atoms with van der Waals surface area (Å²) in [5.74, 6) is 0.0307. The van der Waals surface area contributed by atoms with Crippen LogP contribution in [0.1, 0.15) is 31.7 Å². The van der Waals surface area contributed by atoms with Crippen molar-refractivity contribution in [1.82, 2.24) is 4.90 Å². The summed E-state index contributed by atoms with van der Waals surface area (Å²) < 4.78 is 18.9. The number of ketones is 1. The first-order valence-electron chi connectivity index (χ1n) is 7.09. The smallest absolute Gasteiger partial charge is 0.165 e. The molecule has 1 aromatic carbocycles. The lowest BCUT2D eigenvalue weighted by Gasteiger charge is -2.40. The van der Waals surface area contributed by atoms with E-state index in [1.54, 1.807) is 6.07 Å². The van der Waals surface area contributed by atoms with Crippen molar-refractivity contribution in [3.05, 3.63) is 29.6 Å². The van der Waals surface area contributed by atoms with Gasteiger partial charge in [0.2, 0.25) is 0 Å². The molecule has 3 nitrogen and oxygen atoms in total. The molecule has 110 valence electrons. The fourth-order valence-corrected chi connectivity index (χ4v) is 3.03. The van der Waals surface area contributed by atoms with Gasteiger partial charge in [0.1, 0.15) is 5.78 Å². The largest absolute Gasteiger partial charge is 0.494 e. The zero-order chi connectivity index (χ0) is 14.8. The molecule has 0 aliphatic carbocycles. The summed E-state index contributed by atoms with van der Waals surface area (Å²) >= 11 is 0. The molecule has 1 saturated heterocycles. The summed E-state index contributed by atoms with van der Waals surface area (Å²) in [5, 5.41) is 0. The van der Waals surface area contributed by atoms with Crippen LogP contribution in [0.3, 0.4) is 0 Å². The van der Waals surface area contributed by atoms with Crippen LogP contribution in [0.5, 0.6) is 5.75 Å². The van der Waals surface area contributed by atoms with Gasteiger partial charge in [-0.2, -0.15) is 0 Å². The molecule has 0 spiro atoms. The molecule has 20 heavy (non-hydrogen) atoms. The van der Waals surface area contributed by atoms with E-state index < -0.39 is 11.2 Å². The van der Waals surface area contributed by atoms with Gasteiger partial charge in [-0.3, -0.25) is 4.79 Å². The normalized spacial score (nSPS) is 18.8. The molecule has 2 rings (SSSR count). The number of carbonyl (C=O) groups is 1. The molecule has 0 radical (unpaired) electrons. The number of halogens is 1. The number of Topliss-reactive ketones (excluding diaryl/α,β-unsaturated/α-hetero) is 1. The Labute approximate surface area is 119 Å². The third kappa shape index (κ3) is 2.57. The fraction of sp³-hybridized carbons (Fsp3) is 0.562. The molecule has 0 amide bonds. The molecule has 0 atom stereocenters. The SMILES string of the molecule is CCC(=O)C1(c2ccc(OC)c(F)c2)CCN(C)CC1. The van der Waals surface area contributed by atoms with Crippen LogP contribution in [-0.4, -0.2) is 37.9 Å². The molecule has 1 aromatic rings. The lowest BCUT2D eigenvalue weighted by atomic mass is 9.69. The topological polar surface area (TPSA) is 29.5 Å². The van der Waals surface area contributed by atoms with E-state index in [-0.39, 0.29) is 11.5 Å². The highest BCUT2D eigenvalue weighted by Crippen LogP contribution is 2.38. The van der Waals surface area contributed by atoms with Gasteiger partial charge in [-0.15, -0.1) is 0 Å². The van der Waals surface area contributed by atoms with Crippen LogP contribution in [0.4, 0.5) is 4.39 Å². The average Bonchev–Trinajstić information content (AvgIpc) is 2.47. The van der Waals surface area contributed by atoms with Gasteiger partial charge in [0, 0.05) is 6.42 Å². The lowest BCUT2D eigenvalue weighted by Crippen LogP contribution is -2.46. The van der Waals surface area contributed by atoms with Gasteiger partial charge in [-0.1, -0.05) is 13.0 Å². The number of piperidine rings is 1. The molecule has 4 heteroatoms. The maximum Gasteiger partial charge on any atom is 0.165 e. The Hall–Kier alpha value is -1.42. The second kappa shape index (κ2) is 5.92. The maximum absolute atomic E-state index is 14.0. The van der Waals surface area contributed by atoms with Crippen LogP contribution in [0, 0.1) is 5.82 Å². The first kappa shape index (κ1) is 15.0. The summed E-state index contributed by atoms with van der Waals surface area (Å²) in [7, 11) is 3.50. The quantitative estimate of drug-likeness (QED) is 0.849. The van der Waals surface area contributed by atoms with Crippen molar-refractivity contribution >= 4 is 5.78 Å². The lowest BCUT2D eigenvalue weighted by molar-refractivity contribution is -0.126. The molecule has 0 saturated carbocycles. The number of hydrogen-bond donors (Lipinski definition) is 0. The van der Waals surface area contributed by atoms with Crippen LogP contribution in [0.25, 0.3) is 0 Å². The molecule has 0 bridgehead atoms. The number of hydrogen-bond acceptors (Lipinski definition) is 3. The molecular formula is C16H22FNO2. The Bertz CT molecular complexity index is 493. The van der Waals surface area contributed by atoms with E-state index in [2.05, 4.69) is 11.9 Å². The third-order valence-electron chi connectivity index (χ3n) is 4.40. The number of benzene rings is 1. The number of rotatable bonds is 4. The molecule has 0 N–H and O–H groups in total. The van der Waals surface area contributed by atoms with Crippen LogP contribution in [0.15, 0.2) is 18.2 Å². The number of methoxy groups -OCH3 is 1. The second-order valence-corrected chi connectivity index (χ2v) is 5.51. The maximum atomic E-state index is 14.0. The minimum atomic E-state index is -0.533. The molecular weight excluding hydrogens is 257 g/mol. The van der Waals surface area contributed by atoms with Gasteiger partial charge in [0.05, 0.1) is 12.5 Å². The van der Waals surface area contributed by atoms with Crippen LogP contribution in [-0.2, 0) is 10.2 Å². The van der Waals surface area contributed by atoms with Gasteiger partial charge in [0.15, 0.2) is 11.6 Å². The average molecular weight is 279 g/mol. The van der Waals surface area contributed by atoms with Gasteiger partial charge in [-0.05, 0) is 50.7 Å². The van der Waals surface area contributed by atoms with Crippen LogP contribution < -0.4 is 4.74 Å². The molecule has 1 aliphatic rings. The van der Waals surface area contributed by atoms with Crippen LogP contribution >= 0.6 is 0 Å². The Morgan fingerprint density at radius 1 is 1.40 bits per heavy atom. The first-order chi connectivity index (χ1) is 9.53. The predicted molar refractivity (Wildman–Crippen MR) is 76.7 cm³/mol. The van der Waals surface area contributed by atoms with Crippen molar-refractivity contribution in [2.75, 3.05) is 27.2 Å². The fourth-order valence-electron chi connectivity index (χ4n) is 3.03. The first-order valence-corrected chi connectivity index (χ1v) is 7.09. The summed E-state index contributed by atoms with van der Waals surface area (Å²) in [5.41, 5.74) is 0.254. The summed E-state index contributed by atoms with van der Waals surface area (Å²) in [6.07, 6.45) is 1.99. The van der Waals surface area contributed by atoms with E-state index in [4.69, 9.17) is 4.74 Å². The Morgan fingerprint density at radius 2 is 2.05 bits per heavy atom. The summed E-state index contributed by atoms with van der Waals surface area (Å²) in [4.78, 5) is 14.7. The number of nitrogens with zero attached hydrogens (tertiary/aromatic N) is 1. The summed E-state index contributed by atoms with van der Waals surface area (Å²) in [6.45, 7) is 3.60. The van der Waals surface area contributed by atoms with E-state index in [0.717, 1.165) is 31.5 Å². The molecule has 0 unspecified atom stereocenters. The highest BCUT2D eigenvalue weighted by molar-refractivity contribution is 5.90. The van der Waals surface area contributed by atoms with Crippen molar-refractivity contribution in [2.45, 2.75) is 31.6 Å². The van der Waals surface area contributed by atoms with Gasteiger partial charge in [-0.25, -0.2) is 4.39 Å². The van der Waals surface area contributed by atoms with Crippen molar-refractivity contribution in [2.24, 2.45) is 0 Å². The standard InChI is InChI=1S/C16H22FNO2/c1-4-15(19)16(7-9-18(2)10-8-16)12-5-6-14(20-3)13(17)11-12/h5-6,11H,4,7-10H2,1-3H3. The third-order valence-corrected chi connectivity index (χ3v) is 4.40. The molecule has 0 aromatic heterocycles. The minimum Gasteiger partial charge on any atom is -0.494 e. The Morgan fingerprint density at radius 3 is 2.55 bits per heavy atom. The van der Waals surface area contributed by atoms with E-state index >= 15 is 0 Å². The zero-order valence-electron chi connectivity index (χ0n) is 12.4. The van der Waals surface area contributed by atoms with Crippen molar-refractivity contribution in [3.8, 4) is 5.75 Å². The highest BCUT2D eigenvalue weighted by atomic mass is 19.1. The number of carbonyl (C=O) groups excluding carboxylic acids is 1. The van der Waals surface area contributed by atoms with Gasteiger partial charge < -0.3 is 9.64 Å². The number of ether oxygens (including phenoxy) is 1. The van der Waals surface area contributed by atoms with Crippen molar-refractivity contribution in [3.63, 3.8) is 0 Å². The summed E-state index contributed by atoms with van der Waals surface area (Å²) in [6, 6.07) is 4.92. The second-order valence-electron chi connectivity index (χ2n) is 5.51.